The number of nitrogens with one attached hydrogen (secondary N) is 1. The highest BCUT2D eigenvalue weighted by Crippen LogP contribution is 2.23. The van der Waals surface area contributed by atoms with Crippen LogP contribution in [0, 0.1) is 0 Å². The topological polar surface area (TPSA) is 127 Å². The maximum absolute atomic E-state index is 12.8. The maximum atomic E-state index is 12.8. The molecular formula is C19H23N3O5S2. The number of hydrogen-bond acceptors (Lipinski definition) is 5. The molecular weight excluding hydrogens is 414 g/mol. The summed E-state index contributed by atoms with van der Waals surface area (Å²) in [4.78, 5) is 14.2. The second kappa shape index (κ2) is 8.87. The molecule has 0 fully saturated rings. The van der Waals surface area contributed by atoms with Crippen LogP contribution in [-0.2, 0) is 20.0 Å². The summed E-state index contributed by atoms with van der Waals surface area (Å²) in [6, 6.07) is 11.2. The highest BCUT2D eigenvalue weighted by atomic mass is 32.2. The normalized spacial score (nSPS) is 12.9. The molecule has 0 aliphatic carbocycles. The first-order valence-electron chi connectivity index (χ1n) is 8.58. The molecule has 0 aromatic heterocycles. The molecule has 8 nitrogen and oxygen atoms in total. The van der Waals surface area contributed by atoms with E-state index in [4.69, 9.17) is 5.14 Å². The first-order chi connectivity index (χ1) is 13.5. The van der Waals surface area contributed by atoms with Crippen molar-refractivity contribution in [1.82, 2.24) is 9.62 Å². The zero-order chi connectivity index (χ0) is 21.8. The van der Waals surface area contributed by atoms with Crippen molar-refractivity contribution in [2.45, 2.75) is 22.8 Å². The van der Waals surface area contributed by atoms with E-state index in [2.05, 4.69) is 11.3 Å². The van der Waals surface area contributed by atoms with Gasteiger partial charge >= 0.3 is 0 Å². The minimum absolute atomic E-state index is 0.0347. The van der Waals surface area contributed by atoms with Crippen molar-refractivity contribution in [3.05, 3.63) is 72.3 Å². The summed E-state index contributed by atoms with van der Waals surface area (Å²) in [6.45, 7) is 5.30. The number of sulfonamides is 2. The molecule has 1 atom stereocenters. The van der Waals surface area contributed by atoms with Gasteiger partial charge in [-0.3, -0.25) is 4.79 Å². The molecule has 1 unspecified atom stereocenters. The zero-order valence-electron chi connectivity index (χ0n) is 16.1. The van der Waals surface area contributed by atoms with E-state index in [0.717, 1.165) is 0 Å². The molecule has 156 valence electrons. The predicted molar refractivity (Wildman–Crippen MR) is 110 cm³/mol. The van der Waals surface area contributed by atoms with E-state index in [0.29, 0.717) is 11.1 Å². The third kappa shape index (κ3) is 5.51. The smallest absolute Gasteiger partial charge is 0.254 e. The summed E-state index contributed by atoms with van der Waals surface area (Å²) >= 11 is 0. The summed E-state index contributed by atoms with van der Waals surface area (Å²) in [7, 11) is -5.96. The van der Waals surface area contributed by atoms with E-state index < -0.39 is 26.1 Å². The van der Waals surface area contributed by atoms with Crippen LogP contribution < -0.4 is 9.86 Å². The number of amides is 1. The zero-order valence-corrected chi connectivity index (χ0v) is 17.7. The average Bonchev–Trinajstić information content (AvgIpc) is 2.70. The number of primary sulfonamides is 1. The number of rotatable bonds is 8. The molecule has 2 aromatic rings. The Morgan fingerprint density at radius 1 is 1.14 bits per heavy atom. The van der Waals surface area contributed by atoms with E-state index in [1.165, 1.54) is 47.4 Å². The molecule has 0 radical (unpaired) electrons. The number of carbonyl (C=O) groups excluding carboxylic acids is 1. The second-order valence-electron chi connectivity index (χ2n) is 6.37. The lowest BCUT2D eigenvalue weighted by Crippen LogP contribution is -2.30. The van der Waals surface area contributed by atoms with Crippen molar-refractivity contribution in [1.29, 1.82) is 0 Å². The van der Waals surface area contributed by atoms with Crippen LogP contribution in [0.2, 0.25) is 0 Å². The monoisotopic (exact) mass is 437 g/mol. The molecule has 0 aliphatic heterocycles. The molecule has 0 aliphatic rings. The Morgan fingerprint density at radius 2 is 1.76 bits per heavy atom. The molecule has 0 bridgehead atoms. The standard InChI is InChI=1S/C19H23N3O5S2/c1-4-12-21-29(26,27)17-10-8-15(9-11-17)19(23)22(3)14(2)16-6-5-7-18(13-16)28(20,24)25/h4-11,13-14,21H,1,12H2,2-3H3,(H2,20,24,25). The van der Waals surface area contributed by atoms with Crippen LogP contribution in [0.4, 0.5) is 0 Å². The van der Waals surface area contributed by atoms with Gasteiger partial charge in [0, 0.05) is 19.2 Å². The molecule has 2 aromatic carbocycles. The van der Waals surface area contributed by atoms with E-state index in [1.807, 2.05) is 0 Å². The second-order valence-corrected chi connectivity index (χ2v) is 9.70. The molecule has 0 saturated carbocycles. The van der Waals surface area contributed by atoms with E-state index in [1.54, 1.807) is 26.1 Å². The van der Waals surface area contributed by atoms with Gasteiger partial charge < -0.3 is 4.90 Å². The fourth-order valence-electron chi connectivity index (χ4n) is 2.58. The van der Waals surface area contributed by atoms with Gasteiger partial charge in [0.15, 0.2) is 0 Å². The average molecular weight is 438 g/mol. The quantitative estimate of drug-likeness (QED) is 0.607. The molecule has 3 N–H and O–H groups in total. The Bertz CT molecular complexity index is 1110. The van der Waals surface area contributed by atoms with Gasteiger partial charge in [0.2, 0.25) is 20.0 Å². The third-order valence-corrected chi connectivity index (χ3v) is 6.75. The Hall–Kier alpha value is -2.53. The minimum Gasteiger partial charge on any atom is -0.335 e. The number of nitrogens with two attached hydrogens (primary N) is 1. The first-order valence-corrected chi connectivity index (χ1v) is 11.6. The molecule has 0 heterocycles. The number of benzene rings is 2. The Balaban J connectivity index is 2.23. The van der Waals surface area contributed by atoms with Crippen molar-refractivity contribution >= 4 is 26.0 Å². The predicted octanol–water partition coefficient (Wildman–Crippen LogP) is 1.63. The van der Waals surface area contributed by atoms with Crippen molar-refractivity contribution < 1.29 is 21.6 Å². The SMILES string of the molecule is C=CCNS(=O)(=O)c1ccc(C(=O)N(C)C(C)c2cccc(S(N)(=O)=O)c2)cc1. The summed E-state index contributed by atoms with van der Waals surface area (Å²) in [5.41, 5.74) is 0.893. The summed E-state index contributed by atoms with van der Waals surface area (Å²) in [5.74, 6) is -0.346. The van der Waals surface area contributed by atoms with Crippen LogP contribution >= 0.6 is 0 Å². The van der Waals surface area contributed by atoms with Crippen LogP contribution in [0.25, 0.3) is 0 Å². The number of carbonyl (C=O) groups is 1. The van der Waals surface area contributed by atoms with Crippen LogP contribution in [0.5, 0.6) is 0 Å². The Labute approximate surface area is 171 Å². The van der Waals surface area contributed by atoms with Gasteiger partial charge in [0.05, 0.1) is 15.8 Å². The molecule has 10 heteroatoms. The van der Waals surface area contributed by atoms with Crippen molar-refractivity contribution in [3.8, 4) is 0 Å². The Kier molecular flexibility index (Phi) is 6.96. The largest absolute Gasteiger partial charge is 0.335 e. The number of hydrogen-bond donors (Lipinski definition) is 2. The van der Waals surface area contributed by atoms with Gasteiger partial charge in [-0.1, -0.05) is 18.2 Å². The van der Waals surface area contributed by atoms with Crippen LogP contribution in [0.1, 0.15) is 28.9 Å². The van der Waals surface area contributed by atoms with Gasteiger partial charge in [0.25, 0.3) is 5.91 Å². The van der Waals surface area contributed by atoms with Gasteiger partial charge in [-0.05, 0) is 48.9 Å². The molecule has 29 heavy (non-hydrogen) atoms. The van der Waals surface area contributed by atoms with Crippen molar-refractivity contribution in [2.24, 2.45) is 5.14 Å². The minimum atomic E-state index is -3.85. The van der Waals surface area contributed by atoms with Crippen molar-refractivity contribution in [3.63, 3.8) is 0 Å². The maximum Gasteiger partial charge on any atom is 0.254 e. The summed E-state index contributed by atoms with van der Waals surface area (Å²) < 4.78 is 49.6. The van der Waals surface area contributed by atoms with Gasteiger partial charge in [-0.2, -0.15) is 0 Å². The van der Waals surface area contributed by atoms with Crippen LogP contribution in [0.3, 0.4) is 0 Å². The van der Waals surface area contributed by atoms with Gasteiger partial charge in [-0.15, -0.1) is 6.58 Å². The highest BCUT2D eigenvalue weighted by molar-refractivity contribution is 7.89. The number of nitrogens with zero attached hydrogens (tertiary/aromatic N) is 1. The van der Waals surface area contributed by atoms with E-state index in [9.17, 15) is 21.6 Å². The third-order valence-electron chi connectivity index (χ3n) is 4.40. The van der Waals surface area contributed by atoms with Gasteiger partial charge in [0.1, 0.15) is 0 Å². The fourth-order valence-corrected chi connectivity index (χ4v) is 4.15. The van der Waals surface area contributed by atoms with Crippen molar-refractivity contribution in [2.75, 3.05) is 13.6 Å². The molecule has 2 rings (SSSR count). The molecule has 0 spiro atoms. The van der Waals surface area contributed by atoms with E-state index in [-0.39, 0.29) is 22.2 Å². The van der Waals surface area contributed by atoms with Gasteiger partial charge in [-0.25, -0.2) is 26.7 Å². The first kappa shape index (κ1) is 22.8. The summed E-state index contributed by atoms with van der Waals surface area (Å²) in [5, 5.41) is 5.16. The van der Waals surface area contributed by atoms with Crippen LogP contribution in [-0.4, -0.2) is 41.2 Å². The van der Waals surface area contributed by atoms with E-state index >= 15 is 0 Å². The Morgan fingerprint density at radius 3 is 2.31 bits per heavy atom. The highest BCUT2D eigenvalue weighted by Gasteiger charge is 2.21. The lowest BCUT2D eigenvalue weighted by Gasteiger charge is -2.26. The molecule has 1 amide bonds. The fraction of sp³-hybridized carbons (Fsp3) is 0.211. The molecule has 0 saturated heterocycles. The van der Waals surface area contributed by atoms with Crippen LogP contribution in [0.15, 0.2) is 71.0 Å². The summed E-state index contributed by atoms with van der Waals surface area (Å²) in [6.07, 6.45) is 1.43. The lowest BCUT2D eigenvalue weighted by molar-refractivity contribution is 0.0742. The lowest BCUT2D eigenvalue weighted by atomic mass is 10.1.